The Morgan fingerprint density at radius 1 is 1.50 bits per heavy atom. The van der Waals surface area contributed by atoms with E-state index in [4.69, 9.17) is 4.74 Å². The number of nitrogens with one attached hydrogen (secondary N) is 1. The SMILES string of the molecule is CC(O)CC(NC(=O)OC(C)(C)C)C1CC1. The molecule has 2 atom stereocenters. The van der Waals surface area contributed by atoms with Crippen molar-refractivity contribution in [1.29, 1.82) is 0 Å². The molecular formula is C12H23NO3. The summed E-state index contributed by atoms with van der Waals surface area (Å²) in [6.07, 6.45) is 2.09. The second-order valence-electron chi connectivity index (χ2n) is 5.67. The molecule has 16 heavy (non-hydrogen) atoms. The largest absolute Gasteiger partial charge is 0.444 e. The fraction of sp³-hybridized carbons (Fsp3) is 0.917. The Morgan fingerprint density at radius 2 is 2.06 bits per heavy atom. The van der Waals surface area contributed by atoms with E-state index < -0.39 is 5.60 Å². The summed E-state index contributed by atoms with van der Waals surface area (Å²) in [7, 11) is 0. The quantitative estimate of drug-likeness (QED) is 0.775. The average Bonchev–Trinajstić information content (AvgIpc) is 2.78. The van der Waals surface area contributed by atoms with Gasteiger partial charge in [0.05, 0.1) is 6.10 Å². The third-order valence-corrected chi connectivity index (χ3v) is 2.49. The first-order valence-electron chi connectivity index (χ1n) is 5.95. The van der Waals surface area contributed by atoms with Gasteiger partial charge in [0.25, 0.3) is 0 Å². The summed E-state index contributed by atoms with van der Waals surface area (Å²) in [4.78, 5) is 11.6. The van der Waals surface area contributed by atoms with Crippen LogP contribution in [-0.2, 0) is 4.74 Å². The molecular weight excluding hydrogens is 206 g/mol. The lowest BCUT2D eigenvalue weighted by Crippen LogP contribution is -2.41. The van der Waals surface area contributed by atoms with Crippen LogP contribution in [0.3, 0.4) is 0 Å². The van der Waals surface area contributed by atoms with E-state index in [-0.39, 0.29) is 18.2 Å². The molecule has 0 spiro atoms. The Kier molecular flexibility index (Phi) is 4.19. The van der Waals surface area contributed by atoms with E-state index >= 15 is 0 Å². The molecule has 2 N–H and O–H groups in total. The lowest BCUT2D eigenvalue weighted by molar-refractivity contribution is 0.0478. The first-order valence-corrected chi connectivity index (χ1v) is 5.95. The number of hydrogen-bond acceptors (Lipinski definition) is 3. The summed E-state index contributed by atoms with van der Waals surface area (Å²) in [6.45, 7) is 7.26. The minimum Gasteiger partial charge on any atom is -0.444 e. The van der Waals surface area contributed by atoms with Gasteiger partial charge in [-0.2, -0.15) is 0 Å². The molecule has 1 aliphatic rings. The van der Waals surface area contributed by atoms with Crippen LogP contribution < -0.4 is 5.32 Å². The van der Waals surface area contributed by atoms with E-state index in [1.165, 1.54) is 0 Å². The monoisotopic (exact) mass is 229 g/mol. The van der Waals surface area contributed by atoms with Crippen molar-refractivity contribution < 1.29 is 14.6 Å². The predicted octanol–water partition coefficient (Wildman–Crippen LogP) is 2.06. The van der Waals surface area contributed by atoms with Gasteiger partial charge >= 0.3 is 6.09 Å². The zero-order valence-electron chi connectivity index (χ0n) is 10.6. The smallest absolute Gasteiger partial charge is 0.407 e. The Bertz CT molecular complexity index is 241. The van der Waals surface area contributed by atoms with Crippen molar-refractivity contribution in [2.45, 2.75) is 64.7 Å². The number of carbonyl (C=O) groups excluding carboxylic acids is 1. The number of rotatable bonds is 4. The van der Waals surface area contributed by atoms with Gasteiger partial charge < -0.3 is 15.2 Å². The number of aliphatic hydroxyl groups is 1. The van der Waals surface area contributed by atoms with E-state index in [2.05, 4.69) is 5.32 Å². The van der Waals surface area contributed by atoms with Crippen LogP contribution in [0.25, 0.3) is 0 Å². The van der Waals surface area contributed by atoms with Crippen molar-refractivity contribution in [2.75, 3.05) is 0 Å². The van der Waals surface area contributed by atoms with E-state index in [1.54, 1.807) is 6.92 Å². The maximum absolute atomic E-state index is 11.6. The highest BCUT2D eigenvalue weighted by Crippen LogP contribution is 2.34. The fourth-order valence-electron chi connectivity index (χ4n) is 1.69. The number of ether oxygens (including phenoxy) is 1. The Morgan fingerprint density at radius 3 is 2.44 bits per heavy atom. The van der Waals surface area contributed by atoms with Crippen molar-refractivity contribution in [3.8, 4) is 0 Å². The van der Waals surface area contributed by atoms with Gasteiger partial charge in [0.1, 0.15) is 5.60 Å². The van der Waals surface area contributed by atoms with E-state index in [9.17, 15) is 9.90 Å². The van der Waals surface area contributed by atoms with Crippen LogP contribution in [0.2, 0.25) is 0 Å². The van der Waals surface area contributed by atoms with Crippen LogP contribution in [0.1, 0.15) is 47.0 Å². The first kappa shape index (κ1) is 13.3. The van der Waals surface area contributed by atoms with Crippen molar-refractivity contribution in [3.05, 3.63) is 0 Å². The summed E-state index contributed by atoms with van der Waals surface area (Å²) in [6, 6.07) is 0.0508. The van der Waals surface area contributed by atoms with Crippen LogP contribution in [0, 0.1) is 5.92 Å². The molecule has 94 valence electrons. The minimum absolute atomic E-state index is 0.0508. The van der Waals surface area contributed by atoms with Crippen molar-refractivity contribution in [1.82, 2.24) is 5.32 Å². The third-order valence-electron chi connectivity index (χ3n) is 2.49. The fourth-order valence-corrected chi connectivity index (χ4v) is 1.69. The molecule has 4 nitrogen and oxygen atoms in total. The van der Waals surface area contributed by atoms with Crippen LogP contribution in [0.5, 0.6) is 0 Å². The van der Waals surface area contributed by atoms with Gasteiger partial charge in [-0.3, -0.25) is 0 Å². The van der Waals surface area contributed by atoms with Crippen LogP contribution in [0.15, 0.2) is 0 Å². The number of hydrogen-bond donors (Lipinski definition) is 2. The molecule has 0 radical (unpaired) electrons. The maximum atomic E-state index is 11.6. The van der Waals surface area contributed by atoms with E-state index in [0.717, 1.165) is 12.8 Å². The molecule has 1 fully saturated rings. The van der Waals surface area contributed by atoms with E-state index in [1.807, 2.05) is 20.8 Å². The molecule has 1 saturated carbocycles. The van der Waals surface area contributed by atoms with Crippen LogP contribution >= 0.6 is 0 Å². The molecule has 0 aromatic heterocycles. The second-order valence-corrected chi connectivity index (χ2v) is 5.67. The molecule has 0 heterocycles. The summed E-state index contributed by atoms with van der Waals surface area (Å²) in [5.74, 6) is 0.516. The predicted molar refractivity (Wildman–Crippen MR) is 62.2 cm³/mol. The highest BCUT2D eigenvalue weighted by molar-refractivity contribution is 5.68. The number of alkyl carbamates (subject to hydrolysis) is 1. The van der Waals surface area contributed by atoms with Crippen molar-refractivity contribution in [2.24, 2.45) is 5.92 Å². The standard InChI is InChI=1S/C12H23NO3/c1-8(14)7-10(9-5-6-9)13-11(15)16-12(2,3)4/h8-10,14H,5-7H2,1-4H3,(H,13,15). The molecule has 1 amide bonds. The van der Waals surface area contributed by atoms with Gasteiger partial charge in [-0.25, -0.2) is 4.79 Å². The first-order chi connectivity index (χ1) is 7.28. The van der Waals surface area contributed by atoms with Crippen molar-refractivity contribution in [3.63, 3.8) is 0 Å². The van der Waals surface area contributed by atoms with Crippen molar-refractivity contribution >= 4 is 6.09 Å². The molecule has 0 aromatic rings. The third kappa shape index (κ3) is 5.35. The molecule has 1 rings (SSSR count). The normalized spacial score (nSPS) is 20.1. The molecule has 0 saturated heterocycles. The molecule has 0 bridgehead atoms. The van der Waals surface area contributed by atoms with E-state index in [0.29, 0.717) is 12.3 Å². The number of carbonyl (C=O) groups is 1. The Labute approximate surface area is 97.4 Å². The molecule has 0 aromatic carbocycles. The highest BCUT2D eigenvalue weighted by atomic mass is 16.6. The maximum Gasteiger partial charge on any atom is 0.407 e. The van der Waals surface area contributed by atoms with Gasteiger partial charge in [0.15, 0.2) is 0 Å². The number of amides is 1. The summed E-state index contributed by atoms with van der Waals surface area (Å²) < 4.78 is 5.20. The summed E-state index contributed by atoms with van der Waals surface area (Å²) in [5, 5.41) is 12.2. The van der Waals surface area contributed by atoms with Gasteiger partial charge in [-0.15, -0.1) is 0 Å². The highest BCUT2D eigenvalue weighted by Gasteiger charge is 2.33. The molecule has 0 aliphatic heterocycles. The molecule has 1 aliphatic carbocycles. The second kappa shape index (κ2) is 5.04. The average molecular weight is 229 g/mol. The molecule has 2 unspecified atom stereocenters. The van der Waals surface area contributed by atoms with Gasteiger partial charge in [-0.1, -0.05) is 0 Å². The Balaban J connectivity index is 2.39. The summed E-state index contributed by atoms with van der Waals surface area (Å²) >= 11 is 0. The lowest BCUT2D eigenvalue weighted by atomic mass is 10.1. The number of aliphatic hydroxyl groups excluding tert-OH is 1. The van der Waals surface area contributed by atoms with Gasteiger partial charge in [-0.05, 0) is 52.9 Å². The zero-order chi connectivity index (χ0) is 12.3. The summed E-state index contributed by atoms with van der Waals surface area (Å²) in [5.41, 5.74) is -0.469. The van der Waals surface area contributed by atoms with Crippen LogP contribution in [0.4, 0.5) is 4.79 Å². The van der Waals surface area contributed by atoms with Gasteiger partial charge in [0, 0.05) is 6.04 Å². The Hall–Kier alpha value is -0.770. The van der Waals surface area contributed by atoms with Gasteiger partial charge in [0.2, 0.25) is 0 Å². The topological polar surface area (TPSA) is 58.6 Å². The zero-order valence-corrected chi connectivity index (χ0v) is 10.6. The minimum atomic E-state index is -0.469. The molecule has 4 heteroatoms. The lowest BCUT2D eigenvalue weighted by Gasteiger charge is -2.24. The van der Waals surface area contributed by atoms with Crippen LogP contribution in [-0.4, -0.2) is 28.9 Å².